The van der Waals surface area contributed by atoms with E-state index in [0.717, 1.165) is 16.6 Å². The fourth-order valence-corrected chi connectivity index (χ4v) is 9.25. The number of carboxylic acids is 1. The molecule has 2 aliphatic heterocycles. The third-order valence-corrected chi connectivity index (χ3v) is 13.4. The second-order valence-corrected chi connectivity index (χ2v) is 19.5. The number of aromatic carboxylic acids is 1. The van der Waals surface area contributed by atoms with Crippen LogP contribution in [-0.2, 0) is 51.0 Å². The minimum absolute atomic E-state index is 0.0397. The first-order valence-corrected chi connectivity index (χ1v) is 26.2. The van der Waals surface area contributed by atoms with E-state index in [9.17, 15) is 39.0 Å². The zero-order valence-corrected chi connectivity index (χ0v) is 45.0. The molecule has 1 fully saturated rings. The van der Waals surface area contributed by atoms with Crippen LogP contribution in [-0.4, -0.2) is 163 Å². The fourth-order valence-electron chi connectivity index (χ4n) is 9.25. The molecule has 2 heterocycles. The van der Waals surface area contributed by atoms with Crippen molar-refractivity contribution in [2.45, 2.75) is 50.2 Å². The molecule has 7 N–H and O–H groups in total. The Morgan fingerprint density at radius 3 is 2.06 bits per heavy atom. The normalized spacial score (nSPS) is 13.9. The van der Waals surface area contributed by atoms with Crippen LogP contribution in [0.5, 0.6) is 5.75 Å². The van der Waals surface area contributed by atoms with Crippen LogP contribution in [0.2, 0.25) is 0 Å². The summed E-state index contributed by atoms with van der Waals surface area (Å²) >= 11 is 0. The summed E-state index contributed by atoms with van der Waals surface area (Å²) in [5.41, 5.74) is 10.6. The molecular weight excluding hydrogens is 1010 g/mol. The largest absolute Gasteiger partial charge is 0.508 e. The Bertz CT molecular complexity index is 3120. The molecule has 1 saturated heterocycles. The van der Waals surface area contributed by atoms with E-state index in [1.165, 1.54) is 29.2 Å². The quantitative estimate of drug-likeness (QED) is 0.0232. The van der Waals surface area contributed by atoms with Crippen LogP contribution in [0.1, 0.15) is 51.1 Å². The van der Waals surface area contributed by atoms with E-state index in [1.54, 1.807) is 18.2 Å². The van der Waals surface area contributed by atoms with Crippen molar-refractivity contribution >= 4 is 52.2 Å². The summed E-state index contributed by atoms with van der Waals surface area (Å²) in [5.74, 6) is -3.03. The summed E-state index contributed by atoms with van der Waals surface area (Å²) in [6, 6.07) is 28.5. The predicted octanol–water partition coefficient (Wildman–Crippen LogP) is 3.82. The number of nitrogens with two attached hydrogens (primary N) is 1. The molecule has 4 aromatic rings. The lowest BCUT2D eigenvalue weighted by molar-refractivity contribution is -0.141. The van der Waals surface area contributed by atoms with E-state index in [4.69, 9.17) is 29.1 Å². The second-order valence-electron chi connectivity index (χ2n) is 19.5. The van der Waals surface area contributed by atoms with Crippen molar-refractivity contribution < 1.29 is 62.3 Å². The number of benzene rings is 5. The molecule has 7 rings (SSSR count). The van der Waals surface area contributed by atoms with Crippen LogP contribution >= 0.6 is 0 Å². The van der Waals surface area contributed by atoms with E-state index in [0.29, 0.717) is 58.4 Å². The number of carbonyl (C=O) groups is 6. The Balaban J connectivity index is 0.811. The van der Waals surface area contributed by atoms with Gasteiger partial charge in [-0.3, -0.25) is 24.0 Å². The van der Waals surface area contributed by atoms with E-state index < -0.39 is 53.6 Å². The Morgan fingerprint density at radius 1 is 0.747 bits per heavy atom. The van der Waals surface area contributed by atoms with Gasteiger partial charge in [0.25, 0.3) is 5.91 Å². The Labute approximate surface area is 458 Å². The maximum absolute atomic E-state index is 14.0. The number of phenolic OH excluding ortho intramolecular Hbond substituents is 1. The highest BCUT2D eigenvalue weighted by molar-refractivity contribution is 6.09. The topological polar surface area (TPSA) is 265 Å². The molecule has 20 nitrogen and oxygen atoms in total. The van der Waals surface area contributed by atoms with Gasteiger partial charge in [-0.1, -0.05) is 42.5 Å². The average Bonchev–Trinajstić information content (AvgIpc) is 4.13. The van der Waals surface area contributed by atoms with Crippen LogP contribution in [0, 0.1) is 0 Å². The van der Waals surface area contributed by atoms with Crippen molar-refractivity contribution in [3.05, 3.63) is 137 Å². The molecule has 0 aromatic heterocycles. The number of amides is 5. The van der Waals surface area contributed by atoms with E-state index in [2.05, 4.69) is 16.0 Å². The smallest absolute Gasteiger partial charge is 0.336 e. The molecule has 3 atom stereocenters. The van der Waals surface area contributed by atoms with Gasteiger partial charge >= 0.3 is 5.97 Å². The number of hydrogen-bond acceptors (Lipinski definition) is 13. The molecular formula is C59H70N7O13+. The van der Waals surface area contributed by atoms with Crippen LogP contribution in [0.3, 0.4) is 0 Å². The van der Waals surface area contributed by atoms with Crippen molar-refractivity contribution in [3.63, 3.8) is 0 Å². The summed E-state index contributed by atoms with van der Waals surface area (Å²) in [7, 11) is 7.70. The number of fused-ring (bicyclic) bond motifs is 2. The zero-order valence-electron chi connectivity index (χ0n) is 45.0. The van der Waals surface area contributed by atoms with Gasteiger partial charge in [-0.05, 0) is 78.1 Å². The van der Waals surface area contributed by atoms with Gasteiger partial charge in [0.1, 0.15) is 49.3 Å². The Kier molecular flexibility index (Phi) is 21.1. The molecule has 1 aliphatic carbocycles. The minimum Gasteiger partial charge on any atom is -0.508 e. The SMILES string of the molecule is CN(C)c1ccc2c(-c3cc(C(=O)NCCOCCOCCOCCOCCC(=O)N[C@@H](Cc4ccc(O)cc4)C(=O)N[C@@H](Cc4ccccc4)C(=O)N4CCC[C@H]4C(N)=O)ccc3C(=O)O)c3ccc(=[N+](C)C)cc-3oc2c1. The number of nitrogens with one attached hydrogen (secondary N) is 3. The number of ether oxygens (including phenoxy) is 4. The molecule has 20 heteroatoms. The number of primary amides is 1. The summed E-state index contributed by atoms with van der Waals surface area (Å²) in [5, 5.41) is 30.3. The van der Waals surface area contributed by atoms with Crippen LogP contribution in [0.4, 0.5) is 5.69 Å². The summed E-state index contributed by atoms with van der Waals surface area (Å²) in [4.78, 5) is 82.7. The molecule has 418 valence electrons. The summed E-state index contributed by atoms with van der Waals surface area (Å²) in [6.45, 7) is 2.33. The molecule has 0 bridgehead atoms. The van der Waals surface area contributed by atoms with Crippen molar-refractivity contribution in [2.75, 3.05) is 99.0 Å². The fraction of sp³-hybridized carbons (Fsp3) is 0.373. The maximum atomic E-state index is 14.0. The molecule has 0 saturated carbocycles. The molecule has 0 radical (unpaired) electrons. The minimum atomic E-state index is -1.13. The van der Waals surface area contributed by atoms with E-state index >= 15 is 0 Å². The van der Waals surface area contributed by atoms with Crippen molar-refractivity contribution in [3.8, 4) is 28.2 Å². The average molecular weight is 1090 g/mol. The maximum Gasteiger partial charge on any atom is 0.336 e. The first kappa shape index (κ1) is 58.5. The molecule has 5 amide bonds. The van der Waals surface area contributed by atoms with Gasteiger partial charge in [-0.2, -0.15) is 0 Å². The number of rotatable bonds is 28. The van der Waals surface area contributed by atoms with Gasteiger partial charge in [0, 0.05) is 86.3 Å². The first-order chi connectivity index (χ1) is 38.1. The highest BCUT2D eigenvalue weighted by Gasteiger charge is 2.38. The monoisotopic (exact) mass is 1080 g/mol. The first-order valence-electron chi connectivity index (χ1n) is 26.2. The Hall–Kier alpha value is -8.17. The van der Waals surface area contributed by atoms with Crippen LogP contribution in [0.15, 0.2) is 114 Å². The predicted molar refractivity (Wildman–Crippen MR) is 297 cm³/mol. The summed E-state index contributed by atoms with van der Waals surface area (Å²) in [6.07, 6.45) is 1.18. The van der Waals surface area contributed by atoms with Crippen molar-refractivity contribution in [1.29, 1.82) is 0 Å². The molecule has 0 unspecified atom stereocenters. The number of hydrogen-bond donors (Lipinski definition) is 6. The lowest BCUT2D eigenvalue weighted by atomic mass is 9.89. The number of nitrogens with zero attached hydrogens (tertiary/aromatic N) is 3. The standard InChI is InChI=1S/C59H69N7O13/c1-64(2)41-15-20-45-51(36-41)79-52-37-42(65(3)4)16-21-46(52)54(45)47-35-40(14-19-44(47)59(73)74)56(70)61-23-26-76-28-30-78-32-31-77-29-27-75-25-22-53(68)62-48(33-39-12-17-43(67)18-13-39)57(71)63-49(34-38-9-6-5-7-10-38)58(72)66-24-8-11-50(66)55(60)69/h5-7,9-10,12-21,35-37,48-50H,8,11,22-34H2,1-4H3,(H6-,60,61,62,63,67,68,69,70,71,73,74)/p+1/t48-,49-,50-/m0/s1. The second kappa shape index (κ2) is 28.5. The van der Waals surface area contributed by atoms with Crippen molar-refractivity contribution in [2.24, 2.45) is 5.73 Å². The molecule has 0 spiro atoms. The number of anilines is 1. The lowest BCUT2D eigenvalue weighted by Gasteiger charge is -2.29. The van der Waals surface area contributed by atoms with Gasteiger partial charge in [0.2, 0.25) is 29.0 Å². The van der Waals surface area contributed by atoms with Crippen molar-refractivity contribution in [1.82, 2.24) is 25.4 Å². The van der Waals surface area contributed by atoms with Gasteiger partial charge in [-0.25, -0.2) is 9.37 Å². The van der Waals surface area contributed by atoms with Gasteiger partial charge in [0.15, 0.2) is 0 Å². The molecule has 79 heavy (non-hydrogen) atoms. The van der Waals surface area contributed by atoms with Crippen LogP contribution in [0.25, 0.3) is 33.4 Å². The lowest BCUT2D eigenvalue weighted by Crippen LogP contribution is -2.57. The number of carbonyl (C=O) groups excluding carboxylic acids is 5. The zero-order chi connectivity index (χ0) is 56.4. The van der Waals surface area contributed by atoms with E-state index in [-0.39, 0.29) is 95.5 Å². The van der Waals surface area contributed by atoms with E-state index in [1.807, 2.05) is 104 Å². The third-order valence-electron chi connectivity index (χ3n) is 13.4. The highest BCUT2D eigenvalue weighted by Crippen LogP contribution is 2.42. The number of aromatic hydroxyl groups is 1. The molecule has 3 aliphatic rings. The Morgan fingerprint density at radius 2 is 1.41 bits per heavy atom. The number of carboxylic acid groups (broad SMARTS) is 1. The van der Waals surface area contributed by atoms with Crippen LogP contribution < -0.4 is 36.5 Å². The van der Waals surface area contributed by atoms with Gasteiger partial charge < -0.3 is 65.1 Å². The van der Waals surface area contributed by atoms with Gasteiger partial charge in [-0.15, -0.1) is 0 Å². The highest BCUT2D eigenvalue weighted by atomic mass is 16.6. The third kappa shape index (κ3) is 16.2. The molecule has 4 aromatic carbocycles. The van der Waals surface area contributed by atoms with Gasteiger partial charge in [0.05, 0.1) is 64.5 Å². The number of likely N-dealkylation sites (tertiary alicyclic amines) is 1. The number of phenols is 1. The summed E-state index contributed by atoms with van der Waals surface area (Å²) < 4.78 is 30.9.